The molecular formula is C15H19NO3. The number of carbonyl (C=O) groups is 1. The minimum absolute atomic E-state index is 0.412. The zero-order chi connectivity index (χ0) is 13.8. The normalized spacial score (nSPS) is 24.1. The van der Waals surface area contributed by atoms with E-state index in [0.29, 0.717) is 19.5 Å². The number of aliphatic hydroxyl groups excluding tert-OH is 1. The molecule has 1 fully saturated rings. The molecule has 1 aliphatic heterocycles. The first kappa shape index (κ1) is 13.8. The van der Waals surface area contributed by atoms with Crippen molar-refractivity contribution in [2.75, 3.05) is 13.1 Å². The Bertz CT molecular complexity index is 472. The number of likely N-dealkylation sites (tertiary alicyclic amines) is 1. The lowest BCUT2D eigenvalue weighted by atomic mass is 9.94. The summed E-state index contributed by atoms with van der Waals surface area (Å²) in [6.45, 7) is 5.58. The number of hydrogen-bond acceptors (Lipinski definition) is 3. The summed E-state index contributed by atoms with van der Waals surface area (Å²) >= 11 is 0. The van der Waals surface area contributed by atoms with Gasteiger partial charge in [-0.3, -0.25) is 9.69 Å². The van der Waals surface area contributed by atoms with Gasteiger partial charge in [0.05, 0.1) is 12.0 Å². The van der Waals surface area contributed by atoms with E-state index in [0.717, 1.165) is 17.7 Å². The first-order valence-electron chi connectivity index (χ1n) is 6.44. The number of carboxylic acid groups (broad SMARTS) is 1. The van der Waals surface area contributed by atoms with E-state index in [9.17, 15) is 9.90 Å². The maximum atomic E-state index is 10.9. The fourth-order valence-corrected chi connectivity index (χ4v) is 2.51. The van der Waals surface area contributed by atoms with Crippen molar-refractivity contribution in [3.8, 4) is 0 Å². The zero-order valence-corrected chi connectivity index (χ0v) is 10.8. The van der Waals surface area contributed by atoms with Gasteiger partial charge >= 0.3 is 5.97 Å². The van der Waals surface area contributed by atoms with Crippen LogP contribution < -0.4 is 0 Å². The van der Waals surface area contributed by atoms with E-state index >= 15 is 0 Å². The van der Waals surface area contributed by atoms with Crippen LogP contribution in [0.5, 0.6) is 0 Å². The summed E-state index contributed by atoms with van der Waals surface area (Å²) in [7, 11) is 0. The standard InChI is InChI=1S/C15H19NO3/c1-2-11-4-3-5-12(8-11)9-16-7-6-13(15(18)19)14(17)10-16/h2-5,8,13-14,17H,1,6-7,9-10H2,(H,18,19)/t13-,14+/m0/s1. The molecule has 0 unspecified atom stereocenters. The van der Waals surface area contributed by atoms with Crippen molar-refractivity contribution in [2.24, 2.45) is 5.92 Å². The summed E-state index contributed by atoms with van der Waals surface area (Å²) in [5.74, 6) is -1.53. The van der Waals surface area contributed by atoms with E-state index in [2.05, 4.69) is 17.5 Å². The third kappa shape index (κ3) is 3.43. The van der Waals surface area contributed by atoms with Crippen LogP contribution in [0.15, 0.2) is 30.8 Å². The molecule has 0 saturated carbocycles. The van der Waals surface area contributed by atoms with Gasteiger partial charge in [-0.2, -0.15) is 0 Å². The number of aliphatic carboxylic acids is 1. The molecule has 102 valence electrons. The molecular weight excluding hydrogens is 242 g/mol. The van der Waals surface area contributed by atoms with E-state index in [1.165, 1.54) is 0 Å². The minimum atomic E-state index is -0.902. The molecule has 0 amide bonds. The summed E-state index contributed by atoms with van der Waals surface area (Å²) in [5, 5.41) is 18.8. The van der Waals surface area contributed by atoms with Gasteiger partial charge in [-0.15, -0.1) is 0 Å². The molecule has 2 atom stereocenters. The van der Waals surface area contributed by atoms with E-state index in [4.69, 9.17) is 5.11 Å². The summed E-state index contributed by atoms with van der Waals surface area (Å²) in [5.41, 5.74) is 2.22. The smallest absolute Gasteiger partial charge is 0.309 e. The van der Waals surface area contributed by atoms with E-state index in [1.54, 1.807) is 6.08 Å². The quantitative estimate of drug-likeness (QED) is 0.864. The molecule has 2 N–H and O–H groups in total. The minimum Gasteiger partial charge on any atom is -0.481 e. The van der Waals surface area contributed by atoms with Gasteiger partial charge in [0.25, 0.3) is 0 Å². The Morgan fingerprint density at radius 1 is 1.53 bits per heavy atom. The van der Waals surface area contributed by atoms with Gasteiger partial charge in [0.15, 0.2) is 0 Å². The third-order valence-corrected chi connectivity index (χ3v) is 3.58. The van der Waals surface area contributed by atoms with Crippen molar-refractivity contribution < 1.29 is 15.0 Å². The highest BCUT2D eigenvalue weighted by Crippen LogP contribution is 2.20. The Kier molecular flexibility index (Phi) is 4.35. The van der Waals surface area contributed by atoms with E-state index in [-0.39, 0.29) is 0 Å². The molecule has 1 saturated heterocycles. The fourth-order valence-electron chi connectivity index (χ4n) is 2.51. The van der Waals surface area contributed by atoms with Crippen molar-refractivity contribution in [1.29, 1.82) is 0 Å². The van der Waals surface area contributed by atoms with Crippen LogP contribution in [-0.4, -0.2) is 40.3 Å². The molecule has 0 aliphatic carbocycles. The topological polar surface area (TPSA) is 60.8 Å². The number of aliphatic hydroxyl groups is 1. The summed E-state index contributed by atoms with van der Waals surface area (Å²) < 4.78 is 0. The Morgan fingerprint density at radius 3 is 2.95 bits per heavy atom. The van der Waals surface area contributed by atoms with Crippen LogP contribution in [0.3, 0.4) is 0 Å². The second-order valence-electron chi connectivity index (χ2n) is 4.99. The van der Waals surface area contributed by atoms with Crippen LogP contribution in [0.2, 0.25) is 0 Å². The van der Waals surface area contributed by atoms with Gasteiger partial charge in [0, 0.05) is 13.1 Å². The molecule has 4 nitrogen and oxygen atoms in total. The first-order chi connectivity index (χ1) is 9.10. The molecule has 1 aromatic rings. The Labute approximate surface area is 113 Å². The molecule has 19 heavy (non-hydrogen) atoms. The Morgan fingerprint density at radius 2 is 2.32 bits per heavy atom. The number of carboxylic acids is 1. The van der Waals surface area contributed by atoms with Crippen LogP contribution in [0.1, 0.15) is 17.5 Å². The second-order valence-corrected chi connectivity index (χ2v) is 4.99. The van der Waals surface area contributed by atoms with Gasteiger partial charge < -0.3 is 10.2 Å². The molecule has 0 spiro atoms. The highest BCUT2D eigenvalue weighted by molar-refractivity contribution is 5.70. The van der Waals surface area contributed by atoms with Gasteiger partial charge in [0.2, 0.25) is 0 Å². The van der Waals surface area contributed by atoms with Crippen molar-refractivity contribution in [3.63, 3.8) is 0 Å². The largest absolute Gasteiger partial charge is 0.481 e. The molecule has 1 aromatic carbocycles. The molecule has 0 bridgehead atoms. The Hall–Kier alpha value is -1.65. The average Bonchev–Trinajstić information content (AvgIpc) is 2.38. The average molecular weight is 261 g/mol. The maximum Gasteiger partial charge on any atom is 0.309 e. The number of rotatable bonds is 4. The van der Waals surface area contributed by atoms with Gasteiger partial charge in [-0.25, -0.2) is 0 Å². The van der Waals surface area contributed by atoms with Crippen LogP contribution in [0.25, 0.3) is 6.08 Å². The maximum absolute atomic E-state index is 10.9. The highest BCUT2D eigenvalue weighted by Gasteiger charge is 2.32. The van der Waals surface area contributed by atoms with E-state index in [1.807, 2.05) is 18.2 Å². The zero-order valence-electron chi connectivity index (χ0n) is 10.8. The summed E-state index contributed by atoms with van der Waals surface area (Å²) in [4.78, 5) is 13.0. The van der Waals surface area contributed by atoms with Crippen molar-refractivity contribution in [2.45, 2.75) is 19.1 Å². The van der Waals surface area contributed by atoms with E-state index < -0.39 is 18.0 Å². The lowest BCUT2D eigenvalue weighted by Crippen LogP contribution is -2.46. The number of nitrogens with zero attached hydrogens (tertiary/aromatic N) is 1. The molecule has 0 radical (unpaired) electrons. The van der Waals surface area contributed by atoms with Crippen LogP contribution in [-0.2, 0) is 11.3 Å². The highest BCUT2D eigenvalue weighted by atomic mass is 16.4. The van der Waals surface area contributed by atoms with Crippen molar-refractivity contribution in [3.05, 3.63) is 42.0 Å². The van der Waals surface area contributed by atoms with Crippen LogP contribution >= 0.6 is 0 Å². The monoisotopic (exact) mass is 261 g/mol. The lowest BCUT2D eigenvalue weighted by molar-refractivity contribution is -0.148. The molecule has 1 aliphatic rings. The molecule has 1 heterocycles. The molecule has 4 heteroatoms. The van der Waals surface area contributed by atoms with Crippen molar-refractivity contribution >= 4 is 12.0 Å². The predicted octanol–water partition coefficient (Wildman–Crippen LogP) is 1.60. The van der Waals surface area contributed by atoms with Gasteiger partial charge in [0.1, 0.15) is 0 Å². The van der Waals surface area contributed by atoms with Crippen molar-refractivity contribution in [1.82, 2.24) is 4.90 Å². The summed E-state index contributed by atoms with van der Waals surface area (Å²) in [6, 6.07) is 8.06. The number of benzene rings is 1. The Balaban J connectivity index is 1.97. The number of hydrogen-bond donors (Lipinski definition) is 2. The molecule has 2 rings (SSSR count). The molecule has 0 aromatic heterocycles. The number of β-amino-alcohol motifs (C(OH)–C–C–N with tert-alkyl or cyclic N) is 1. The first-order valence-corrected chi connectivity index (χ1v) is 6.44. The fraction of sp³-hybridized carbons (Fsp3) is 0.400. The number of piperidine rings is 1. The van der Waals surface area contributed by atoms with Crippen LogP contribution in [0, 0.1) is 5.92 Å². The van der Waals surface area contributed by atoms with Crippen LogP contribution in [0.4, 0.5) is 0 Å². The second kappa shape index (κ2) is 5.99. The van der Waals surface area contributed by atoms with Gasteiger partial charge in [-0.05, 0) is 24.1 Å². The predicted molar refractivity (Wildman–Crippen MR) is 73.6 cm³/mol. The summed E-state index contributed by atoms with van der Waals surface area (Å²) in [6.07, 6.45) is 1.51. The SMILES string of the molecule is C=Cc1cccc(CN2CC[C@H](C(=O)O)[C@H](O)C2)c1. The lowest BCUT2D eigenvalue weighted by Gasteiger charge is -2.33. The van der Waals surface area contributed by atoms with Gasteiger partial charge in [-0.1, -0.05) is 36.9 Å². The third-order valence-electron chi connectivity index (χ3n) is 3.58.